The van der Waals surface area contributed by atoms with E-state index in [1.165, 1.54) is 7.11 Å². The van der Waals surface area contributed by atoms with Crippen LogP contribution in [0.2, 0.25) is 0 Å². The molecule has 2 rings (SSSR count). The minimum absolute atomic E-state index is 0.180. The van der Waals surface area contributed by atoms with Gasteiger partial charge in [0, 0.05) is 24.6 Å². The van der Waals surface area contributed by atoms with Crippen LogP contribution < -0.4 is 0 Å². The van der Waals surface area contributed by atoms with Gasteiger partial charge < -0.3 is 14.3 Å². The van der Waals surface area contributed by atoms with Crippen molar-refractivity contribution in [1.29, 1.82) is 0 Å². The topological polar surface area (TPSA) is 62.9 Å². The van der Waals surface area contributed by atoms with Gasteiger partial charge in [-0.2, -0.15) is 0 Å². The van der Waals surface area contributed by atoms with Gasteiger partial charge in [0.2, 0.25) is 5.76 Å². The fraction of sp³-hybridized carbons (Fsp3) is 0.688. The van der Waals surface area contributed by atoms with Crippen LogP contribution in [0.15, 0.2) is 10.5 Å². The summed E-state index contributed by atoms with van der Waals surface area (Å²) in [6, 6.07) is 1.96. The number of piperidine rings is 1. The maximum atomic E-state index is 11.6. The second-order valence-corrected chi connectivity index (χ2v) is 5.68. The Bertz CT molecular complexity index is 481. The number of ether oxygens (including phenoxy) is 1. The highest BCUT2D eigenvalue weighted by molar-refractivity contribution is 5.86. The van der Waals surface area contributed by atoms with Crippen molar-refractivity contribution in [3.63, 3.8) is 0 Å². The van der Waals surface area contributed by atoms with E-state index in [1.807, 2.05) is 13.8 Å². The Balaban J connectivity index is 2.17. The fourth-order valence-electron chi connectivity index (χ4n) is 3.08. The highest BCUT2D eigenvalue weighted by Crippen LogP contribution is 2.25. The summed E-state index contributed by atoms with van der Waals surface area (Å²) in [6.45, 7) is 5.53. The average Bonchev–Trinajstić information content (AvgIpc) is 2.89. The Labute approximate surface area is 125 Å². The first kappa shape index (κ1) is 16.0. The number of aliphatic hydroxyl groups is 1. The molecular weight excluding hydrogens is 270 g/mol. The monoisotopic (exact) mass is 295 g/mol. The van der Waals surface area contributed by atoms with Gasteiger partial charge in [0.05, 0.1) is 13.2 Å². The Hall–Kier alpha value is -1.33. The summed E-state index contributed by atoms with van der Waals surface area (Å²) in [7, 11) is 1.35. The molecule has 1 N–H and O–H groups in total. The van der Waals surface area contributed by atoms with E-state index in [2.05, 4.69) is 4.90 Å². The normalized spacial score (nSPS) is 21.2. The highest BCUT2D eigenvalue weighted by atomic mass is 16.5. The molecule has 5 nitrogen and oxygen atoms in total. The molecule has 0 aliphatic carbocycles. The van der Waals surface area contributed by atoms with E-state index in [4.69, 9.17) is 9.15 Å². The Morgan fingerprint density at radius 3 is 2.95 bits per heavy atom. The molecule has 1 fully saturated rings. The molecule has 0 saturated carbocycles. The van der Waals surface area contributed by atoms with Crippen molar-refractivity contribution in [2.24, 2.45) is 0 Å². The second-order valence-electron chi connectivity index (χ2n) is 5.68. The number of furan rings is 1. The third-order valence-corrected chi connectivity index (χ3v) is 4.20. The van der Waals surface area contributed by atoms with Crippen LogP contribution in [-0.2, 0) is 17.7 Å². The smallest absolute Gasteiger partial charge is 0.373 e. The maximum absolute atomic E-state index is 11.6. The maximum Gasteiger partial charge on any atom is 0.373 e. The van der Waals surface area contributed by atoms with Gasteiger partial charge in [0.1, 0.15) is 5.76 Å². The third kappa shape index (κ3) is 3.66. The van der Waals surface area contributed by atoms with Crippen LogP contribution in [-0.4, -0.2) is 41.8 Å². The van der Waals surface area contributed by atoms with Gasteiger partial charge in [-0.15, -0.1) is 0 Å². The molecule has 1 aliphatic heterocycles. The van der Waals surface area contributed by atoms with Crippen LogP contribution in [0.3, 0.4) is 0 Å². The average molecular weight is 295 g/mol. The molecule has 2 heterocycles. The number of aliphatic hydroxyl groups excluding tert-OH is 1. The minimum atomic E-state index is -0.443. The first-order valence-electron chi connectivity index (χ1n) is 7.68. The lowest BCUT2D eigenvalue weighted by atomic mass is 9.97. The van der Waals surface area contributed by atoms with Crippen molar-refractivity contribution in [2.75, 3.05) is 13.7 Å². The molecule has 0 aromatic carbocycles. The fourth-order valence-corrected chi connectivity index (χ4v) is 3.08. The molecule has 21 heavy (non-hydrogen) atoms. The van der Waals surface area contributed by atoms with E-state index in [9.17, 15) is 9.90 Å². The van der Waals surface area contributed by atoms with E-state index in [0.29, 0.717) is 6.54 Å². The van der Waals surface area contributed by atoms with Gasteiger partial charge in [-0.1, -0.05) is 13.3 Å². The Kier molecular flexibility index (Phi) is 5.42. The molecule has 118 valence electrons. The van der Waals surface area contributed by atoms with Gasteiger partial charge in [0.15, 0.2) is 0 Å². The number of rotatable bonds is 5. The summed E-state index contributed by atoms with van der Waals surface area (Å²) >= 11 is 0. The SMILES string of the molecule is CCc1oc(C(=O)OC)cc1CN1CCCC[C@H]1[C@H](C)O. The van der Waals surface area contributed by atoms with E-state index in [0.717, 1.165) is 43.6 Å². The summed E-state index contributed by atoms with van der Waals surface area (Å²) in [6.07, 6.45) is 3.71. The lowest BCUT2D eigenvalue weighted by molar-refractivity contribution is 0.0314. The van der Waals surface area contributed by atoms with Crippen molar-refractivity contribution in [2.45, 2.75) is 58.2 Å². The first-order chi connectivity index (χ1) is 10.1. The van der Waals surface area contributed by atoms with Crippen LogP contribution in [0.1, 0.15) is 55.0 Å². The van der Waals surface area contributed by atoms with Gasteiger partial charge in [-0.05, 0) is 32.4 Å². The Morgan fingerprint density at radius 1 is 1.57 bits per heavy atom. The number of nitrogens with zero attached hydrogens (tertiary/aromatic N) is 1. The predicted octanol–water partition coefficient (Wildman–Crippen LogP) is 2.36. The van der Waals surface area contributed by atoms with E-state index < -0.39 is 5.97 Å². The number of carbonyl (C=O) groups excluding carboxylic acids is 1. The predicted molar refractivity (Wildman–Crippen MR) is 79.2 cm³/mol. The molecule has 1 aromatic heterocycles. The molecule has 0 unspecified atom stereocenters. The molecule has 0 spiro atoms. The van der Waals surface area contributed by atoms with Crippen molar-refractivity contribution < 1.29 is 19.1 Å². The summed E-state index contributed by atoms with van der Waals surface area (Å²) in [5, 5.41) is 9.94. The van der Waals surface area contributed by atoms with Gasteiger partial charge in [-0.25, -0.2) is 4.79 Å². The summed E-state index contributed by atoms with van der Waals surface area (Å²) in [5.74, 6) is 0.641. The highest BCUT2D eigenvalue weighted by Gasteiger charge is 2.28. The zero-order valence-electron chi connectivity index (χ0n) is 13.1. The zero-order chi connectivity index (χ0) is 15.4. The molecule has 5 heteroatoms. The van der Waals surface area contributed by atoms with Crippen LogP contribution in [0.4, 0.5) is 0 Å². The van der Waals surface area contributed by atoms with Gasteiger partial charge in [0.25, 0.3) is 0 Å². The number of aryl methyl sites for hydroxylation is 1. The van der Waals surface area contributed by atoms with Crippen LogP contribution in [0, 0.1) is 0 Å². The number of hydrogen-bond donors (Lipinski definition) is 1. The van der Waals surface area contributed by atoms with E-state index >= 15 is 0 Å². The second kappa shape index (κ2) is 7.09. The number of methoxy groups -OCH3 is 1. The molecule has 1 saturated heterocycles. The van der Waals surface area contributed by atoms with Crippen molar-refractivity contribution in [3.8, 4) is 0 Å². The standard InChI is InChI=1S/C16H25NO4/c1-4-14-12(9-15(21-14)16(19)20-3)10-17-8-6-5-7-13(17)11(2)18/h9,11,13,18H,4-8,10H2,1-3H3/t11-,13-/m0/s1. The zero-order valence-corrected chi connectivity index (χ0v) is 13.1. The minimum Gasteiger partial charge on any atom is -0.463 e. The van der Waals surface area contributed by atoms with Crippen LogP contribution in [0.25, 0.3) is 0 Å². The summed E-state index contributed by atoms with van der Waals surface area (Å²) < 4.78 is 10.3. The third-order valence-electron chi connectivity index (χ3n) is 4.20. The Morgan fingerprint density at radius 2 is 2.33 bits per heavy atom. The summed E-state index contributed by atoms with van der Waals surface area (Å²) in [4.78, 5) is 13.9. The van der Waals surface area contributed by atoms with Crippen molar-refractivity contribution in [3.05, 3.63) is 23.2 Å². The molecule has 0 radical (unpaired) electrons. The molecule has 0 amide bonds. The van der Waals surface area contributed by atoms with Gasteiger partial charge in [-0.3, -0.25) is 4.90 Å². The molecule has 1 aromatic rings. The summed E-state index contributed by atoms with van der Waals surface area (Å²) in [5.41, 5.74) is 1.02. The lowest BCUT2D eigenvalue weighted by Gasteiger charge is -2.37. The lowest BCUT2D eigenvalue weighted by Crippen LogP contribution is -2.45. The quantitative estimate of drug-likeness (QED) is 0.845. The number of esters is 1. The number of hydrogen-bond acceptors (Lipinski definition) is 5. The van der Waals surface area contributed by atoms with E-state index in [1.54, 1.807) is 6.07 Å². The van der Waals surface area contributed by atoms with Gasteiger partial charge >= 0.3 is 5.97 Å². The number of carbonyl (C=O) groups is 1. The first-order valence-corrected chi connectivity index (χ1v) is 7.68. The molecule has 2 atom stereocenters. The van der Waals surface area contributed by atoms with Crippen LogP contribution in [0.5, 0.6) is 0 Å². The van der Waals surface area contributed by atoms with Crippen molar-refractivity contribution in [1.82, 2.24) is 4.90 Å². The van der Waals surface area contributed by atoms with E-state index in [-0.39, 0.29) is 17.9 Å². The molecular formula is C16H25NO4. The van der Waals surface area contributed by atoms with Crippen molar-refractivity contribution >= 4 is 5.97 Å². The number of likely N-dealkylation sites (tertiary alicyclic amines) is 1. The molecule has 1 aliphatic rings. The molecule has 0 bridgehead atoms. The van der Waals surface area contributed by atoms with Crippen LogP contribution >= 0.6 is 0 Å². The largest absolute Gasteiger partial charge is 0.463 e.